The number of fused-ring (bicyclic) bond motifs is 1. The van der Waals surface area contributed by atoms with Crippen molar-refractivity contribution in [3.8, 4) is 5.75 Å². The van der Waals surface area contributed by atoms with Crippen molar-refractivity contribution in [1.29, 1.82) is 0 Å². The second kappa shape index (κ2) is 8.86. The fourth-order valence-corrected chi connectivity index (χ4v) is 4.58. The molecule has 1 aromatic heterocycles. The molecule has 7 heteroatoms. The summed E-state index contributed by atoms with van der Waals surface area (Å²) in [4.78, 5) is 14.6. The summed E-state index contributed by atoms with van der Waals surface area (Å²) in [5, 5.41) is 10.6. The van der Waals surface area contributed by atoms with Crippen LogP contribution in [0.2, 0.25) is 0 Å². The van der Waals surface area contributed by atoms with Gasteiger partial charge in [-0.1, -0.05) is 48.2 Å². The van der Waals surface area contributed by atoms with Gasteiger partial charge in [0.1, 0.15) is 5.75 Å². The van der Waals surface area contributed by atoms with E-state index < -0.39 is 0 Å². The largest absolute Gasteiger partial charge is 0.483 e. The van der Waals surface area contributed by atoms with E-state index in [0.717, 1.165) is 29.4 Å². The maximum absolute atomic E-state index is 12.6. The van der Waals surface area contributed by atoms with Crippen molar-refractivity contribution in [3.05, 3.63) is 48.4 Å². The molecular weight excluding hydrogens is 386 g/mol. The Bertz CT molecular complexity index is 975. The molecule has 0 radical (unpaired) electrons. The summed E-state index contributed by atoms with van der Waals surface area (Å²) < 4.78 is 11.5. The van der Waals surface area contributed by atoms with Gasteiger partial charge in [0.15, 0.2) is 6.61 Å². The highest BCUT2D eigenvalue weighted by Crippen LogP contribution is 2.27. The Morgan fingerprint density at radius 1 is 1.14 bits per heavy atom. The van der Waals surface area contributed by atoms with Crippen molar-refractivity contribution in [2.24, 2.45) is 0 Å². The van der Waals surface area contributed by atoms with E-state index in [-0.39, 0.29) is 12.5 Å². The van der Waals surface area contributed by atoms with E-state index in [9.17, 15) is 4.79 Å². The lowest BCUT2D eigenvalue weighted by atomic mass is 9.98. The number of benzene rings is 2. The number of thioether (sulfide) groups is 1. The minimum atomic E-state index is 0.126. The van der Waals surface area contributed by atoms with Crippen molar-refractivity contribution in [1.82, 2.24) is 15.1 Å². The number of carbonyl (C=O) groups excluding carboxylic acids is 1. The third-order valence-electron chi connectivity index (χ3n) is 5.35. The van der Waals surface area contributed by atoms with E-state index in [1.807, 2.05) is 47.4 Å². The molecule has 2 aromatic carbocycles. The van der Waals surface area contributed by atoms with E-state index in [0.29, 0.717) is 29.0 Å². The molecule has 29 heavy (non-hydrogen) atoms. The first-order valence-electron chi connectivity index (χ1n) is 9.98. The molecule has 1 saturated heterocycles. The number of ether oxygens (including phenoxy) is 1. The van der Waals surface area contributed by atoms with Crippen LogP contribution in [0.1, 0.15) is 39.0 Å². The molecule has 0 unspecified atom stereocenters. The smallest absolute Gasteiger partial charge is 0.277 e. The number of amides is 1. The lowest BCUT2D eigenvalue weighted by Crippen LogP contribution is -2.48. The van der Waals surface area contributed by atoms with Crippen LogP contribution in [0, 0.1) is 0 Å². The molecule has 1 aliphatic heterocycles. The maximum atomic E-state index is 12.6. The van der Waals surface area contributed by atoms with Crippen LogP contribution >= 0.6 is 11.8 Å². The number of hydrogen-bond donors (Lipinski definition) is 0. The van der Waals surface area contributed by atoms with Crippen LogP contribution in [-0.4, -0.2) is 38.8 Å². The Balaban J connectivity index is 1.33. The Hall–Kier alpha value is -2.54. The fraction of sp³-hybridized carbons (Fsp3) is 0.409. The minimum absolute atomic E-state index is 0.126. The number of nitrogens with zero attached hydrogens (tertiary/aromatic N) is 3. The van der Waals surface area contributed by atoms with Crippen LogP contribution in [0.3, 0.4) is 0 Å². The van der Waals surface area contributed by atoms with E-state index in [2.05, 4.69) is 24.0 Å². The normalized spacial score (nSPS) is 19.4. The van der Waals surface area contributed by atoms with Gasteiger partial charge in [-0.25, -0.2) is 0 Å². The van der Waals surface area contributed by atoms with Gasteiger partial charge in [0, 0.05) is 17.5 Å². The summed E-state index contributed by atoms with van der Waals surface area (Å²) in [5.41, 5.74) is 0. The third-order valence-corrected chi connectivity index (χ3v) is 6.15. The van der Waals surface area contributed by atoms with Gasteiger partial charge in [0.25, 0.3) is 11.1 Å². The maximum Gasteiger partial charge on any atom is 0.277 e. The molecule has 3 aromatic rings. The molecule has 1 fully saturated rings. The number of likely N-dealkylation sites (tertiary alicyclic amines) is 1. The lowest BCUT2D eigenvalue weighted by molar-refractivity contribution is -0.134. The van der Waals surface area contributed by atoms with Crippen molar-refractivity contribution < 1.29 is 13.9 Å². The van der Waals surface area contributed by atoms with Gasteiger partial charge in [-0.2, -0.15) is 0 Å². The number of hydrogen-bond acceptors (Lipinski definition) is 6. The van der Waals surface area contributed by atoms with Crippen molar-refractivity contribution in [2.75, 3.05) is 5.75 Å². The lowest BCUT2D eigenvalue weighted by Gasteiger charge is -2.39. The molecule has 1 aliphatic rings. The van der Waals surface area contributed by atoms with Crippen LogP contribution in [0.15, 0.2) is 52.1 Å². The Morgan fingerprint density at radius 3 is 2.72 bits per heavy atom. The summed E-state index contributed by atoms with van der Waals surface area (Å²) in [5.74, 6) is 1.60. The van der Waals surface area contributed by atoms with Crippen molar-refractivity contribution in [2.45, 2.75) is 57.0 Å². The number of piperidine rings is 1. The summed E-state index contributed by atoms with van der Waals surface area (Å²) in [7, 11) is 0. The molecule has 4 rings (SSSR count). The molecule has 2 heterocycles. The standard InChI is InChI=1S/C22H25N3O3S/c1-15-7-5-8-16(2)25(15)21(26)14-29-22-24-23-20(28-22)13-27-19-12-6-10-17-9-3-4-11-18(17)19/h3-4,6,9-12,15-16H,5,7-8,13-14H2,1-2H3/t15-,16-/m0/s1. The van der Waals surface area contributed by atoms with E-state index >= 15 is 0 Å². The zero-order valence-electron chi connectivity index (χ0n) is 16.7. The van der Waals surface area contributed by atoms with Gasteiger partial charge >= 0.3 is 0 Å². The molecule has 1 amide bonds. The second-order valence-corrected chi connectivity index (χ2v) is 8.37. The molecule has 0 bridgehead atoms. The number of aromatic nitrogens is 2. The Kier molecular flexibility index (Phi) is 6.04. The van der Waals surface area contributed by atoms with Gasteiger partial charge < -0.3 is 14.1 Å². The van der Waals surface area contributed by atoms with Gasteiger partial charge in [-0.05, 0) is 44.6 Å². The molecule has 0 N–H and O–H groups in total. The Morgan fingerprint density at radius 2 is 1.90 bits per heavy atom. The van der Waals surface area contributed by atoms with Gasteiger partial charge in [-0.3, -0.25) is 4.79 Å². The number of carbonyl (C=O) groups is 1. The second-order valence-electron chi connectivity index (χ2n) is 7.45. The first-order valence-corrected chi connectivity index (χ1v) is 11.0. The number of rotatable bonds is 6. The van der Waals surface area contributed by atoms with Crippen LogP contribution in [0.5, 0.6) is 5.75 Å². The first kappa shape index (κ1) is 19.8. The van der Waals surface area contributed by atoms with Gasteiger partial charge in [0.05, 0.1) is 5.75 Å². The van der Waals surface area contributed by atoms with Crippen molar-refractivity contribution in [3.63, 3.8) is 0 Å². The van der Waals surface area contributed by atoms with Crippen LogP contribution in [0.4, 0.5) is 0 Å². The minimum Gasteiger partial charge on any atom is -0.483 e. The van der Waals surface area contributed by atoms with Crippen LogP contribution in [-0.2, 0) is 11.4 Å². The monoisotopic (exact) mass is 411 g/mol. The summed E-state index contributed by atoms with van der Waals surface area (Å²) >= 11 is 1.28. The molecule has 6 nitrogen and oxygen atoms in total. The molecule has 2 atom stereocenters. The zero-order chi connectivity index (χ0) is 20.2. The van der Waals surface area contributed by atoms with E-state index in [4.69, 9.17) is 9.15 Å². The van der Waals surface area contributed by atoms with E-state index in [1.165, 1.54) is 18.2 Å². The van der Waals surface area contributed by atoms with Gasteiger partial charge in [-0.15, -0.1) is 10.2 Å². The highest BCUT2D eigenvalue weighted by atomic mass is 32.2. The molecule has 0 spiro atoms. The summed E-state index contributed by atoms with van der Waals surface area (Å²) in [6.07, 6.45) is 3.32. The average molecular weight is 412 g/mol. The highest BCUT2D eigenvalue weighted by Gasteiger charge is 2.29. The third kappa shape index (κ3) is 4.56. The van der Waals surface area contributed by atoms with Gasteiger partial charge in [0.2, 0.25) is 5.91 Å². The molecule has 0 aliphatic carbocycles. The summed E-state index contributed by atoms with van der Waals surface area (Å²) in [6, 6.07) is 14.6. The zero-order valence-corrected chi connectivity index (χ0v) is 17.5. The first-order chi connectivity index (χ1) is 14.1. The van der Waals surface area contributed by atoms with Crippen LogP contribution < -0.4 is 4.74 Å². The quantitative estimate of drug-likeness (QED) is 0.549. The fourth-order valence-electron chi connectivity index (χ4n) is 3.93. The predicted octanol–water partition coefficient (Wildman–Crippen LogP) is 4.68. The topological polar surface area (TPSA) is 68.5 Å². The predicted molar refractivity (Wildman–Crippen MR) is 113 cm³/mol. The molecular formula is C22H25N3O3S. The summed E-state index contributed by atoms with van der Waals surface area (Å²) in [6.45, 7) is 4.43. The Labute approximate surface area is 174 Å². The van der Waals surface area contributed by atoms with E-state index in [1.54, 1.807) is 0 Å². The van der Waals surface area contributed by atoms with Crippen LogP contribution in [0.25, 0.3) is 10.8 Å². The highest BCUT2D eigenvalue weighted by molar-refractivity contribution is 7.99. The SMILES string of the molecule is C[C@H]1CCC[C@H](C)N1C(=O)CSc1nnc(COc2cccc3ccccc23)o1. The molecule has 0 saturated carbocycles. The van der Waals surface area contributed by atoms with Crippen molar-refractivity contribution >= 4 is 28.4 Å². The molecule has 152 valence electrons. The average Bonchev–Trinajstić information content (AvgIpc) is 3.18.